The summed E-state index contributed by atoms with van der Waals surface area (Å²) in [5, 5.41) is 9.14. The first-order valence-corrected chi connectivity index (χ1v) is 6.14. The minimum absolute atomic E-state index is 0.0677. The Hall–Kier alpha value is -1.13. The number of aliphatic hydroxyl groups excluding tert-OH is 1. The number of likely N-dealkylation sites (N-methyl/N-ethyl adjacent to an activating group) is 1. The van der Waals surface area contributed by atoms with Gasteiger partial charge < -0.3 is 14.9 Å². The zero-order chi connectivity index (χ0) is 12.4. The first-order valence-electron chi connectivity index (χ1n) is 6.14. The molecule has 4 nitrogen and oxygen atoms in total. The second-order valence-electron chi connectivity index (χ2n) is 4.85. The molecule has 0 radical (unpaired) electrons. The van der Waals surface area contributed by atoms with Gasteiger partial charge in [0.25, 0.3) is 0 Å². The average molecular weight is 235 g/mol. The number of aryl methyl sites for hydroxylation is 1. The number of pyridine rings is 1. The lowest BCUT2D eigenvalue weighted by molar-refractivity contribution is 0.233. The summed E-state index contributed by atoms with van der Waals surface area (Å²) >= 11 is 0. The fourth-order valence-electron chi connectivity index (χ4n) is 2.18. The molecule has 94 valence electrons. The van der Waals surface area contributed by atoms with E-state index >= 15 is 0 Å². The van der Waals surface area contributed by atoms with E-state index in [0.29, 0.717) is 6.04 Å². The minimum atomic E-state index is 0.0677. The summed E-state index contributed by atoms with van der Waals surface area (Å²) in [6, 6.07) is 4.54. The molecule has 1 fully saturated rings. The molecule has 1 aliphatic heterocycles. The van der Waals surface area contributed by atoms with Crippen LogP contribution in [0.25, 0.3) is 0 Å². The van der Waals surface area contributed by atoms with Crippen LogP contribution in [0.2, 0.25) is 0 Å². The molecule has 1 N–H and O–H groups in total. The van der Waals surface area contributed by atoms with E-state index in [0.717, 1.165) is 36.7 Å². The van der Waals surface area contributed by atoms with Gasteiger partial charge in [0.2, 0.25) is 0 Å². The van der Waals surface area contributed by atoms with Crippen molar-refractivity contribution in [3.05, 3.63) is 23.4 Å². The van der Waals surface area contributed by atoms with Crippen molar-refractivity contribution in [1.29, 1.82) is 0 Å². The van der Waals surface area contributed by atoms with Crippen molar-refractivity contribution >= 4 is 5.82 Å². The van der Waals surface area contributed by atoms with E-state index in [2.05, 4.69) is 28.8 Å². The van der Waals surface area contributed by atoms with E-state index in [9.17, 15) is 0 Å². The Bertz CT molecular complexity index is 394. The number of aromatic nitrogens is 1. The van der Waals surface area contributed by atoms with Gasteiger partial charge in [-0.25, -0.2) is 4.98 Å². The molecule has 0 bridgehead atoms. The van der Waals surface area contributed by atoms with E-state index in [1.54, 1.807) is 0 Å². The van der Waals surface area contributed by atoms with Crippen LogP contribution >= 0.6 is 0 Å². The van der Waals surface area contributed by atoms with Crippen molar-refractivity contribution in [2.45, 2.75) is 26.5 Å². The summed E-state index contributed by atoms with van der Waals surface area (Å²) in [5.41, 5.74) is 1.84. The van der Waals surface area contributed by atoms with Gasteiger partial charge in [0.15, 0.2) is 0 Å². The fourth-order valence-corrected chi connectivity index (χ4v) is 2.18. The molecule has 4 heteroatoms. The lowest BCUT2D eigenvalue weighted by Crippen LogP contribution is -2.50. The summed E-state index contributed by atoms with van der Waals surface area (Å²) in [6.45, 7) is 7.37. The van der Waals surface area contributed by atoms with Gasteiger partial charge in [0.1, 0.15) is 5.82 Å². The quantitative estimate of drug-likeness (QED) is 0.831. The highest BCUT2D eigenvalue weighted by molar-refractivity contribution is 5.42. The molecule has 0 spiro atoms. The minimum Gasteiger partial charge on any atom is -0.392 e. The van der Waals surface area contributed by atoms with E-state index < -0.39 is 0 Å². The van der Waals surface area contributed by atoms with Gasteiger partial charge in [0, 0.05) is 31.4 Å². The molecule has 1 aliphatic rings. The Morgan fingerprint density at radius 3 is 2.76 bits per heavy atom. The van der Waals surface area contributed by atoms with E-state index in [1.807, 2.05) is 19.1 Å². The lowest BCUT2D eigenvalue weighted by Gasteiger charge is -2.38. The second kappa shape index (κ2) is 5.02. The van der Waals surface area contributed by atoms with E-state index in [-0.39, 0.29) is 6.61 Å². The fraction of sp³-hybridized carbons (Fsp3) is 0.615. The van der Waals surface area contributed by atoms with Crippen LogP contribution in [0.3, 0.4) is 0 Å². The number of nitrogens with zero attached hydrogens (tertiary/aromatic N) is 3. The summed E-state index contributed by atoms with van der Waals surface area (Å²) in [7, 11) is 2.16. The van der Waals surface area contributed by atoms with Crippen LogP contribution in [-0.2, 0) is 6.61 Å². The van der Waals surface area contributed by atoms with Gasteiger partial charge in [-0.1, -0.05) is 6.07 Å². The predicted octanol–water partition coefficient (Wildman–Crippen LogP) is 1.02. The molecular formula is C13H21N3O. The highest BCUT2D eigenvalue weighted by Gasteiger charge is 2.21. The molecule has 2 heterocycles. The summed E-state index contributed by atoms with van der Waals surface area (Å²) in [5.74, 6) is 1.03. The topological polar surface area (TPSA) is 39.6 Å². The number of aliphatic hydroxyl groups is 1. The standard InChI is InChI=1S/C13H21N3O/c1-10-8-16(7-6-15(10)3)13-5-4-12(9-17)11(2)14-13/h4-5,10,17H,6-9H2,1-3H3. The Morgan fingerprint density at radius 1 is 1.41 bits per heavy atom. The third-order valence-electron chi connectivity index (χ3n) is 3.63. The maximum absolute atomic E-state index is 9.14. The maximum Gasteiger partial charge on any atom is 0.128 e. The summed E-state index contributed by atoms with van der Waals surface area (Å²) in [6.07, 6.45) is 0. The smallest absolute Gasteiger partial charge is 0.128 e. The molecule has 1 atom stereocenters. The van der Waals surface area contributed by atoms with Gasteiger partial charge in [-0.15, -0.1) is 0 Å². The molecule has 1 unspecified atom stereocenters. The van der Waals surface area contributed by atoms with Crippen molar-refractivity contribution < 1.29 is 5.11 Å². The van der Waals surface area contributed by atoms with Crippen molar-refractivity contribution in [2.24, 2.45) is 0 Å². The number of hydrogen-bond acceptors (Lipinski definition) is 4. The zero-order valence-corrected chi connectivity index (χ0v) is 10.8. The van der Waals surface area contributed by atoms with Crippen LogP contribution in [-0.4, -0.2) is 47.7 Å². The summed E-state index contributed by atoms with van der Waals surface area (Å²) < 4.78 is 0. The molecular weight excluding hydrogens is 214 g/mol. The van der Waals surface area contributed by atoms with Crippen molar-refractivity contribution in [3.63, 3.8) is 0 Å². The third kappa shape index (κ3) is 2.58. The number of rotatable bonds is 2. The molecule has 1 aromatic heterocycles. The van der Waals surface area contributed by atoms with Crippen LogP contribution in [0.5, 0.6) is 0 Å². The molecule has 1 saturated heterocycles. The van der Waals surface area contributed by atoms with Gasteiger partial charge in [-0.2, -0.15) is 0 Å². The highest BCUT2D eigenvalue weighted by Crippen LogP contribution is 2.18. The Kier molecular flexibility index (Phi) is 3.64. The SMILES string of the molecule is Cc1nc(N2CCN(C)C(C)C2)ccc1CO. The van der Waals surface area contributed by atoms with Crippen LogP contribution < -0.4 is 4.90 Å². The lowest BCUT2D eigenvalue weighted by atomic mass is 10.2. The highest BCUT2D eigenvalue weighted by atomic mass is 16.3. The number of anilines is 1. The molecule has 0 aliphatic carbocycles. The van der Waals surface area contributed by atoms with Crippen molar-refractivity contribution in [1.82, 2.24) is 9.88 Å². The molecule has 17 heavy (non-hydrogen) atoms. The van der Waals surface area contributed by atoms with Crippen LogP contribution in [0.15, 0.2) is 12.1 Å². The van der Waals surface area contributed by atoms with Crippen LogP contribution in [0, 0.1) is 6.92 Å². The average Bonchev–Trinajstić information content (AvgIpc) is 2.32. The first kappa shape index (κ1) is 12.3. The number of piperazine rings is 1. The van der Waals surface area contributed by atoms with Gasteiger partial charge >= 0.3 is 0 Å². The van der Waals surface area contributed by atoms with Gasteiger partial charge in [-0.3, -0.25) is 0 Å². The number of hydrogen-bond donors (Lipinski definition) is 1. The Labute approximate surface area is 103 Å². The largest absolute Gasteiger partial charge is 0.392 e. The first-order chi connectivity index (χ1) is 8.11. The van der Waals surface area contributed by atoms with Gasteiger partial charge in [0.05, 0.1) is 6.61 Å². The van der Waals surface area contributed by atoms with E-state index in [4.69, 9.17) is 5.11 Å². The molecule has 0 amide bonds. The van der Waals surface area contributed by atoms with Gasteiger partial charge in [-0.05, 0) is 32.5 Å². The van der Waals surface area contributed by atoms with Crippen molar-refractivity contribution in [3.8, 4) is 0 Å². The Morgan fingerprint density at radius 2 is 2.18 bits per heavy atom. The maximum atomic E-state index is 9.14. The monoisotopic (exact) mass is 235 g/mol. The summed E-state index contributed by atoms with van der Waals surface area (Å²) in [4.78, 5) is 9.26. The molecule has 2 rings (SSSR count). The van der Waals surface area contributed by atoms with E-state index in [1.165, 1.54) is 0 Å². The normalized spacial score (nSPS) is 21.9. The molecule has 0 saturated carbocycles. The second-order valence-corrected chi connectivity index (χ2v) is 4.85. The molecule has 1 aromatic rings. The van der Waals surface area contributed by atoms with Crippen molar-refractivity contribution in [2.75, 3.05) is 31.6 Å². The van der Waals surface area contributed by atoms with Crippen LogP contribution in [0.4, 0.5) is 5.82 Å². The molecule has 0 aromatic carbocycles. The van der Waals surface area contributed by atoms with Crippen LogP contribution in [0.1, 0.15) is 18.2 Å². The third-order valence-corrected chi connectivity index (χ3v) is 3.63. The zero-order valence-electron chi connectivity index (χ0n) is 10.8. The Balaban J connectivity index is 2.15. The predicted molar refractivity (Wildman–Crippen MR) is 69.2 cm³/mol.